The zero-order valence-electron chi connectivity index (χ0n) is 24.9. The Balaban J connectivity index is 1.44. The van der Waals surface area contributed by atoms with Gasteiger partial charge in [-0.2, -0.15) is 5.21 Å². The SMILES string of the molecule is CCCC(c1ccc(C(=O)NCc2nn[nH]n2)cc1)N1C(=O)C(c2ccc(F)cc2)=NC12CCC(C(C)(C)CC)CC2. The van der Waals surface area contributed by atoms with E-state index < -0.39 is 5.66 Å². The van der Waals surface area contributed by atoms with Gasteiger partial charge in [0.1, 0.15) is 17.2 Å². The fourth-order valence-electron chi connectivity index (χ4n) is 6.44. The molecule has 2 heterocycles. The lowest BCUT2D eigenvalue weighted by Crippen LogP contribution is -2.51. The molecule has 1 aliphatic heterocycles. The lowest BCUT2D eigenvalue weighted by atomic mass is 9.67. The predicted octanol–water partition coefficient (Wildman–Crippen LogP) is 5.76. The minimum Gasteiger partial charge on any atom is -0.345 e. The van der Waals surface area contributed by atoms with Gasteiger partial charge >= 0.3 is 0 Å². The van der Waals surface area contributed by atoms with Crippen LogP contribution in [0.1, 0.15) is 106 Å². The minimum absolute atomic E-state index is 0.116. The maximum absolute atomic E-state index is 14.3. The van der Waals surface area contributed by atoms with Crippen LogP contribution in [0.5, 0.6) is 0 Å². The lowest BCUT2D eigenvalue weighted by molar-refractivity contribution is -0.133. The number of nitrogens with one attached hydrogen (secondary N) is 2. The monoisotopic (exact) mass is 573 g/mol. The predicted molar refractivity (Wildman–Crippen MR) is 158 cm³/mol. The lowest BCUT2D eigenvalue weighted by Gasteiger charge is -2.48. The molecule has 1 atom stereocenters. The van der Waals surface area contributed by atoms with E-state index in [-0.39, 0.29) is 35.6 Å². The second kappa shape index (κ2) is 12.1. The van der Waals surface area contributed by atoms with Crippen molar-refractivity contribution in [3.63, 3.8) is 0 Å². The number of benzene rings is 2. The third-order valence-corrected chi connectivity index (χ3v) is 9.34. The first-order valence-electron chi connectivity index (χ1n) is 15.0. The second-order valence-corrected chi connectivity index (χ2v) is 12.2. The molecule has 10 heteroatoms. The Kier molecular flexibility index (Phi) is 8.52. The van der Waals surface area contributed by atoms with E-state index in [4.69, 9.17) is 4.99 Å². The smallest absolute Gasteiger partial charge is 0.275 e. The first kappa shape index (κ1) is 29.5. The molecule has 1 spiro atoms. The number of carbonyl (C=O) groups excluding carboxylic acids is 2. The van der Waals surface area contributed by atoms with E-state index in [2.05, 4.69) is 53.6 Å². The molecule has 222 valence electrons. The van der Waals surface area contributed by atoms with Gasteiger partial charge in [0, 0.05) is 11.1 Å². The molecule has 1 fully saturated rings. The Bertz CT molecular complexity index is 1410. The van der Waals surface area contributed by atoms with Crippen LogP contribution in [-0.2, 0) is 11.3 Å². The van der Waals surface area contributed by atoms with Crippen LogP contribution in [0.15, 0.2) is 53.5 Å². The average Bonchev–Trinajstić information content (AvgIpc) is 3.62. The Morgan fingerprint density at radius 2 is 1.81 bits per heavy atom. The molecule has 3 aromatic rings. The molecule has 0 saturated heterocycles. The molecule has 1 aromatic heterocycles. The van der Waals surface area contributed by atoms with E-state index in [1.54, 1.807) is 24.3 Å². The summed E-state index contributed by atoms with van der Waals surface area (Å²) in [6.45, 7) is 9.19. The fraction of sp³-hybridized carbons (Fsp3) is 0.500. The fourth-order valence-corrected chi connectivity index (χ4v) is 6.44. The molecule has 9 nitrogen and oxygen atoms in total. The summed E-state index contributed by atoms with van der Waals surface area (Å²) in [6, 6.07) is 13.3. The maximum atomic E-state index is 14.3. The van der Waals surface area contributed by atoms with Crippen LogP contribution in [0.2, 0.25) is 0 Å². The highest BCUT2D eigenvalue weighted by Crippen LogP contribution is 2.50. The molecule has 2 aliphatic rings. The summed E-state index contributed by atoms with van der Waals surface area (Å²) in [5.41, 5.74) is 2.09. The molecule has 1 aliphatic carbocycles. The summed E-state index contributed by atoms with van der Waals surface area (Å²) < 4.78 is 13.8. The number of aromatic nitrogens is 4. The van der Waals surface area contributed by atoms with Crippen molar-refractivity contribution in [1.82, 2.24) is 30.8 Å². The van der Waals surface area contributed by atoms with Crippen molar-refractivity contribution in [2.24, 2.45) is 16.3 Å². The second-order valence-electron chi connectivity index (χ2n) is 12.2. The van der Waals surface area contributed by atoms with Gasteiger partial charge in [-0.3, -0.25) is 14.6 Å². The van der Waals surface area contributed by atoms with Gasteiger partial charge in [0.05, 0.1) is 12.6 Å². The number of H-pyrrole nitrogens is 1. The Morgan fingerprint density at radius 1 is 1.12 bits per heavy atom. The van der Waals surface area contributed by atoms with Gasteiger partial charge in [0.15, 0.2) is 5.82 Å². The van der Waals surface area contributed by atoms with Crippen LogP contribution in [0.25, 0.3) is 0 Å². The Morgan fingerprint density at radius 3 is 2.40 bits per heavy atom. The van der Waals surface area contributed by atoms with Crippen molar-refractivity contribution in [2.45, 2.75) is 90.9 Å². The number of amides is 2. The molecular formula is C32H40FN7O2. The molecule has 2 N–H and O–H groups in total. The molecule has 2 amide bonds. The number of rotatable bonds is 10. The normalized spacial score (nSPS) is 21.5. The van der Waals surface area contributed by atoms with Crippen molar-refractivity contribution < 1.29 is 14.0 Å². The van der Waals surface area contributed by atoms with E-state index in [1.165, 1.54) is 12.1 Å². The molecule has 5 rings (SSSR count). The molecule has 1 saturated carbocycles. The highest BCUT2D eigenvalue weighted by atomic mass is 19.1. The van der Waals surface area contributed by atoms with Crippen LogP contribution in [0.4, 0.5) is 4.39 Å². The van der Waals surface area contributed by atoms with Gasteiger partial charge in [0.2, 0.25) is 0 Å². The Hall–Kier alpha value is -3.95. The molecular weight excluding hydrogens is 533 g/mol. The Labute approximate surface area is 246 Å². The summed E-state index contributed by atoms with van der Waals surface area (Å²) in [5.74, 6) is 0.255. The van der Waals surface area contributed by atoms with E-state index in [0.717, 1.165) is 50.5 Å². The van der Waals surface area contributed by atoms with E-state index >= 15 is 0 Å². The minimum atomic E-state index is -0.651. The summed E-state index contributed by atoms with van der Waals surface area (Å²) in [7, 11) is 0. The highest BCUT2D eigenvalue weighted by Gasteiger charge is 2.52. The quantitative estimate of drug-likeness (QED) is 0.320. The largest absolute Gasteiger partial charge is 0.345 e. The van der Waals surface area contributed by atoms with Crippen molar-refractivity contribution >= 4 is 17.5 Å². The average molecular weight is 574 g/mol. The number of tetrazole rings is 1. The zero-order valence-corrected chi connectivity index (χ0v) is 24.9. The summed E-state index contributed by atoms with van der Waals surface area (Å²) in [5, 5.41) is 16.4. The third-order valence-electron chi connectivity index (χ3n) is 9.34. The summed E-state index contributed by atoms with van der Waals surface area (Å²) in [4.78, 5) is 34.2. The number of hydrogen-bond acceptors (Lipinski definition) is 6. The van der Waals surface area contributed by atoms with Gasteiger partial charge in [-0.05, 0) is 85.4 Å². The van der Waals surface area contributed by atoms with Crippen LogP contribution < -0.4 is 5.32 Å². The first-order valence-corrected chi connectivity index (χ1v) is 15.0. The molecule has 0 radical (unpaired) electrons. The number of carbonyl (C=O) groups is 2. The standard InChI is InChI=1S/C32H40FN7O2/c1-5-7-26(21-8-10-23(11-9-21)29(41)34-20-27-36-38-39-37-27)40-30(42)28(22-12-14-25(33)15-13-22)35-32(40)18-16-24(17-19-32)31(3,4)6-2/h8-15,24,26H,5-7,16-20H2,1-4H3,(H,34,41)(H,36,37,38,39). The van der Waals surface area contributed by atoms with Crippen LogP contribution in [0.3, 0.4) is 0 Å². The molecule has 0 bridgehead atoms. The molecule has 1 unspecified atom stereocenters. The van der Waals surface area contributed by atoms with Crippen molar-refractivity contribution in [3.05, 3.63) is 76.9 Å². The summed E-state index contributed by atoms with van der Waals surface area (Å²) in [6.07, 6.45) is 6.28. The van der Waals surface area contributed by atoms with Gasteiger partial charge in [-0.25, -0.2) is 4.39 Å². The van der Waals surface area contributed by atoms with Crippen molar-refractivity contribution in [1.29, 1.82) is 0 Å². The number of halogens is 1. The van der Waals surface area contributed by atoms with Gasteiger partial charge in [-0.15, -0.1) is 10.2 Å². The van der Waals surface area contributed by atoms with Crippen molar-refractivity contribution in [3.8, 4) is 0 Å². The van der Waals surface area contributed by atoms with E-state index in [0.29, 0.717) is 28.6 Å². The van der Waals surface area contributed by atoms with Crippen molar-refractivity contribution in [2.75, 3.05) is 0 Å². The maximum Gasteiger partial charge on any atom is 0.275 e. The number of aliphatic imine (C=N–C) groups is 1. The van der Waals surface area contributed by atoms with Gasteiger partial charge < -0.3 is 10.2 Å². The molecule has 42 heavy (non-hydrogen) atoms. The number of aromatic amines is 1. The van der Waals surface area contributed by atoms with Gasteiger partial charge in [0.25, 0.3) is 11.8 Å². The highest BCUT2D eigenvalue weighted by molar-refractivity contribution is 6.46. The van der Waals surface area contributed by atoms with Crippen LogP contribution in [-0.4, -0.2) is 48.7 Å². The summed E-state index contributed by atoms with van der Waals surface area (Å²) >= 11 is 0. The molecule has 2 aromatic carbocycles. The topological polar surface area (TPSA) is 116 Å². The third kappa shape index (κ3) is 5.84. The van der Waals surface area contributed by atoms with Crippen LogP contribution in [0, 0.1) is 17.2 Å². The van der Waals surface area contributed by atoms with E-state index in [1.807, 2.05) is 17.0 Å². The van der Waals surface area contributed by atoms with Crippen LogP contribution >= 0.6 is 0 Å². The number of hydrogen-bond donors (Lipinski definition) is 2. The number of nitrogens with zero attached hydrogens (tertiary/aromatic N) is 5. The van der Waals surface area contributed by atoms with Gasteiger partial charge in [-0.1, -0.05) is 57.9 Å². The zero-order chi connectivity index (χ0) is 29.9. The van der Waals surface area contributed by atoms with E-state index in [9.17, 15) is 14.0 Å². The first-order chi connectivity index (χ1) is 20.2.